The highest BCUT2D eigenvalue weighted by Crippen LogP contribution is 2.39. The number of cyclic esters (lactones) is 1. The number of benzene rings is 1. The first kappa shape index (κ1) is 9.79. The van der Waals surface area contributed by atoms with E-state index < -0.39 is 18.2 Å². The number of ether oxygens (including phenoxy) is 1. The monoisotopic (exact) mass is 210 g/mol. The minimum absolute atomic E-state index is 0.0266. The molecule has 3 N–H and O–H groups in total. The van der Waals surface area contributed by atoms with Crippen molar-refractivity contribution in [3.05, 3.63) is 23.3 Å². The van der Waals surface area contributed by atoms with Crippen LogP contribution < -0.4 is 0 Å². The normalized spacial score (nSPS) is 24.5. The molecule has 2 rings (SSSR count). The van der Waals surface area contributed by atoms with Gasteiger partial charge in [-0.1, -0.05) is 0 Å². The Morgan fingerprint density at radius 1 is 1.27 bits per heavy atom. The van der Waals surface area contributed by atoms with Crippen LogP contribution in [0.3, 0.4) is 0 Å². The number of carbonyl (C=O) groups excluding carboxylic acids is 1. The molecule has 80 valence electrons. The average molecular weight is 210 g/mol. The zero-order valence-electron chi connectivity index (χ0n) is 7.97. The lowest BCUT2D eigenvalue weighted by molar-refractivity contribution is -0.0225. The van der Waals surface area contributed by atoms with E-state index in [1.165, 1.54) is 19.1 Å². The highest BCUT2D eigenvalue weighted by molar-refractivity contribution is 5.96. The summed E-state index contributed by atoms with van der Waals surface area (Å²) in [6.07, 6.45) is -1.86. The number of phenolic OH excluding ortho intramolecular Hbond substituents is 2. The van der Waals surface area contributed by atoms with Crippen LogP contribution in [-0.4, -0.2) is 27.4 Å². The predicted molar refractivity (Wildman–Crippen MR) is 49.6 cm³/mol. The molecule has 15 heavy (non-hydrogen) atoms. The van der Waals surface area contributed by atoms with Crippen LogP contribution in [-0.2, 0) is 4.74 Å². The first-order chi connectivity index (χ1) is 7.02. The van der Waals surface area contributed by atoms with E-state index in [2.05, 4.69) is 0 Å². The zero-order valence-corrected chi connectivity index (χ0v) is 7.97. The van der Waals surface area contributed by atoms with Crippen LogP contribution in [0.4, 0.5) is 0 Å². The van der Waals surface area contributed by atoms with Gasteiger partial charge in [0.05, 0.1) is 0 Å². The van der Waals surface area contributed by atoms with Crippen molar-refractivity contribution in [2.24, 2.45) is 0 Å². The first-order valence-corrected chi connectivity index (χ1v) is 4.46. The van der Waals surface area contributed by atoms with Gasteiger partial charge in [0.1, 0.15) is 29.3 Å². The molecule has 0 amide bonds. The molecule has 1 aliphatic heterocycles. The Kier molecular flexibility index (Phi) is 2.04. The Morgan fingerprint density at radius 3 is 2.53 bits per heavy atom. The van der Waals surface area contributed by atoms with Crippen molar-refractivity contribution in [2.45, 2.75) is 19.1 Å². The van der Waals surface area contributed by atoms with Crippen LogP contribution >= 0.6 is 0 Å². The van der Waals surface area contributed by atoms with Gasteiger partial charge in [0, 0.05) is 5.56 Å². The van der Waals surface area contributed by atoms with E-state index in [9.17, 15) is 20.1 Å². The molecule has 0 bridgehead atoms. The third kappa shape index (κ3) is 1.32. The van der Waals surface area contributed by atoms with Crippen LogP contribution in [0.15, 0.2) is 12.1 Å². The smallest absolute Gasteiger partial charge is 0.342 e. The molecule has 0 unspecified atom stereocenters. The Morgan fingerprint density at radius 2 is 1.87 bits per heavy atom. The summed E-state index contributed by atoms with van der Waals surface area (Å²) in [6.45, 7) is 1.51. The fourth-order valence-electron chi connectivity index (χ4n) is 1.64. The molecule has 1 aromatic rings. The van der Waals surface area contributed by atoms with E-state index in [1.54, 1.807) is 0 Å². The number of carbonyl (C=O) groups is 1. The van der Waals surface area contributed by atoms with Crippen LogP contribution in [0.1, 0.15) is 28.9 Å². The predicted octanol–water partition coefficient (Wildman–Crippen LogP) is 0.690. The molecule has 1 heterocycles. The molecule has 0 radical (unpaired) electrons. The number of rotatable bonds is 0. The molecule has 5 nitrogen and oxygen atoms in total. The lowest BCUT2D eigenvalue weighted by Crippen LogP contribution is -2.30. The van der Waals surface area contributed by atoms with Gasteiger partial charge in [-0.2, -0.15) is 0 Å². The number of hydrogen-bond donors (Lipinski definition) is 3. The van der Waals surface area contributed by atoms with Gasteiger partial charge in [0.25, 0.3) is 0 Å². The van der Waals surface area contributed by atoms with Crippen molar-refractivity contribution in [3.8, 4) is 11.5 Å². The molecular formula is C10H10O5. The quantitative estimate of drug-likeness (QED) is 0.433. The maximum Gasteiger partial charge on any atom is 0.342 e. The van der Waals surface area contributed by atoms with E-state index in [-0.39, 0.29) is 22.6 Å². The summed E-state index contributed by atoms with van der Waals surface area (Å²) in [7, 11) is 0. The summed E-state index contributed by atoms with van der Waals surface area (Å²) in [5, 5.41) is 28.6. The molecule has 2 atom stereocenters. The van der Waals surface area contributed by atoms with Crippen LogP contribution in [0.5, 0.6) is 11.5 Å². The Labute approximate surface area is 85.5 Å². The SMILES string of the molecule is C[C@H]1OC(=O)c2c(O)ccc(O)c2[C@@H]1O. The van der Waals surface area contributed by atoms with Crippen LogP contribution in [0.2, 0.25) is 0 Å². The van der Waals surface area contributed by atoms with Crippen molar-refractivity contribution < 1.29 is 24.9 Å². The highest BCUT2D eigenvalue weighted by Gasteiger charge is 2.36. The van der Waals surface area contributed by atoms with Gasteiger partial charge in [-0.05, 0) is 19.1 Å². The molecule has 0 spiro atoms. The van der Waals surface area contributed by atoms with E-state index in [4.69, 9.17) is 4.74 Å². The maximum atomic E-state index is 11.4. The minimum atomic E-state index is -1.12. The van der Waals surface area contributed by atoms with E-state index in [0.717, 1.165) is 0 Å². The standard InChI is InChI=1S/C10H10O5/c1-4-9(13)7-5(11)2-3-6(12)8(7)10(14)15-4/h2-4,9,11-13H,1H3/t4-,9-/m1/s1. The lowest BCUT2D eigenvalue weighted by Gasteiger charge is -2.27. The molecule has 0 aliphatic carbocycles. The first-order valence-electron chi connectivity index (χ1n) is 4.46. The molecule has 0 saturated heterocycles. The highest BCUT2D eigenvalue weighted by atomic mass is 16.6. The summed E-state index contributed by atoms with van der Waals surface area (Å²) in [6, 6.07) is 2.40. The summed E-state index contributed by atoms with van der Waals surface area (Å²) in [5.41, 5.74) is -0.139. The van der Waals surface area contributed by atoms with Gasteiger partial charge in [-0.25, -0.2) is 4.79 Å². The van der Waals surface area contributed by atoms with Gasteiger partial charge in [-0.3, -0.25) is 0 Å². The van der Waals surface area contributed by atoms with Crippen LogP contribution in [0, 0.1) is 0 Å². The molecule has 1 aliphatic rings. The third-order valence-electron chi connectivity index (χ3n) is 2.44. The van der Waals surface area contributed by atoms with Crippen molar-refractivity contribution in [1.29, 1.82) is 0 Å². The number of aromatic hydroxyl groups is 2. The van der Waals surface area contributed by atoms with Gasteiger partial charge in [-0.15, -0.1) is 0 Å². The van der Waals surface area contributed by atoms with Crippen molar-refractivity contribution in [2.75, 3.05) is 0 Å². The average Bonchev–Trinajstić information content (AvgIpc) is 2.18. The fraction of sp³-hybridized carbons (Fsp3) is 0.300. The largest absolute Gasteiger partial charge is 0.508 e. The number of esters is 1. The number of aliphatic hydroxyl groups is 1. The Hall–Kier alpha value is -1.75. The molecule has 1 aromatic carbocycles. The second-order valence-electron chi connectivity index (χ2n) is 3.45. The zero-order chi connectivity index (χ0) is 11.2. The lowest BCUT2D eigenvalue weighted by atomic mass is 9.94. The number of hydrogen-bond acceptors (Lipinski definition) is 5. The number of phenols is 2. The summed E-state index contributed by atoms with van der Waals surface area (Å²) < 4.78 is 4.80. The molecular weight excluding hydrogens is 200 g/mol. The van der Waals surface area contributed by atoms with Crippen LogP contribution in [0.25, 0.3) is 0 Å². The maximum absolute atomic E-state index is 11.4. The minimum Gasteiger partial charge on any atom is -0.508 e. The molecule has 0 aromatic heterocycles. The third-order valence-corrected chi connectivity index (χ3v) is 2.44. The van der Waals surface area contributed by atoms with Crippen molar-refractivity contribution in [1.82, 2.24) is 0 Å². The van der Waals surface area contributed by atoms with Crippen molar-refractivity contribution >= 4 is 5.97 Å². The van der Waals surface area contributed by atoms with E-state index >= 15 is 0 Å². The second kappa shape index (κ2) is 3.13. The summed E-state index contributed by atoms with van der Waals surface area (Å²) in [5.74, 6) is -1.27. The molecule has 0 fully saturated rings. The van der Waals surface area contributed by atoms with E-state index in [0.29, 0.717) is 0 Å². The fourth-order valence-corrected chi connectivity index (χ4v) is 1.64. The van der Waals surface area contributed by atoms with Crippen molar-refractivity contribution in [3.63, 3.8) is 0 Å². The Balaban J connectivity index is 2.70. The van der Waals surface area contributed by atoms with E-state index in [1.807, 2.05) is 0 Å². The van der Waals surface area contributed by atoms with Gasteiger partial charge >= 0.3 is 5.97 Å². The second-order valence-corrected chi connectivity index (χ2v) is 3.45. The number of fused-ring (bicyclic) bond motifs is 1. The molecule has 0 saturated carbocycles. The van der Waals surface area contributed by atoms with Gasteiger partial charge < -0.3 is 20.1 Å². The Bertz CT molecular complexity index is 426. The van der Waals surface area contributed by atoms with Gasteiger partial charge in [0.15, 0.2) is 0 Å². The van der Waals surface area contributed by atoms with Gasteiger partial charge in [0.2, 0.25) is 0 Å². The summed E-state index contributed by atoms with van der Waals surface area (Å²) >= 11 is 0. The molecule has 5 heteroatoms. The topological polar surface area (TPSA) is 87.0 Å². The number of aliphatic hydroxyl groups excluding tert-OH is 1. The summed E-state index contributed by atoms with van der Waals surface area (Å²) in [4.78, 5) is 11.4.